The van der Waals surface area contributed by atoms with Crippen molar-refractivity contribution in [2.75, 3.05) is 13.2 Å². The van der Waals surface area contributed by atoms with Crippen molar-refractivity contribution in [3.05, 3.63) is 0 Å². The van der Waals surface area contributed by atoms with E-state index in [1.165, 1.54) is 0 Å². The highest BCUT2D eigenvalue weighted by Gasteiger charge is 2.56. The van der Waals surface area contributed by atoms with Gasteiger partial charge in [-0.05, 0) is 0 Å². The standard InChI is InChI=1S/C21H34N2O15/c1-7(24)22-13-10(27)4-21(20(33)34,38-18(13)15(29)11(28)5-35-9(3)26)36-6-12-16(30)17(31)14(19(32)37-12)23-8(2)25/h10-19,27-32H,4-6H2,1-3H3,(H,22,24)(H,23,25)(H,33,34)/t10-,11-,12?,13-,14?,15-,16+,17?,18?,19-,21-/m1/s1. The maximum Gasteiger partial charge on any atom is 0.364 e. The SMILES string of the molecule is CC(=O)NC1C(O)[C@@H](O)C(CO[C@]2(C(=O)O)C[C@@H](O)[C@@H](NC(C)=O)C([C@H](O)[C@H](O)COC(C)=O)O2)O[C@H]1O. The molecule has 2 heterocycles. The number of rotatable bonds is 10. The first-order valence-electron chi connectivity index (χ1n) is 11.6. The van der Waals surface area contributed by atoms with E-state index in [1.54, 1.807) is 0 Å². The highest BCUT2D eigenvalue weighted by molar-refractivity contribution is 5.76. The lowest BCUT2D eigenvalue weighted by Gasteiger charge is -2.47. The van der Waals surface area contributed by atoms with Gasteiger partial charge in [0.1, 0.15) is 49.3 Å². The fraction of sp³-hybridized carbons (Fsp3) is 0.810. The number of amides is 2. The van der Waals surface area contributed by atoms with E-state index in [1.807, 2.05) is 0 Å². The highest BCUT2D eigenvalue weighted by atomic mass is 16.7. The zero-order valence-electron chi connectivity index (χ0n) is 20.8. The first-order chi connectivity index (χ1) is 17.6. The van der Waals surface area contributed by atoms with Crippen molar-refractivity contribution in [2.45, 2.75) is 94.1 Å². The molecular formula is C21H34N2O15. The van der Waals surface area contributed by atoms with Crippen LogP contribution in [0, 0.1) is 0 Å². The summed E-state index contributed by atoms with van der Waals surface area (Å²) in [6.07, 6.45) is -15.1. The number of esters is 1. The number of hydrogen-bond donors (Lipinski definition) is 9. The van der Waals surface area contributed by atoms with E-state index in [0.29, 0.717) is 0 Å². The quantitative estimate of drug-likeness (QED) is 0.114. The molecule has 2 fully saturated rings. The number of carbonyl (C=O) groups excluding carboxylic acids is 3. The molecule has 0 radical (unpaired) electrons. The van der Waals surface area contributed by atoms with Crippen LogP contribution in [0.3, 0.4) is 0 Å². The van der Waals surface area contributed by atoms with Crippen LogP contribution >= 0.6 is 0 Å². The van der Waals surface area contributed by atoms with Crippen LogP contribution in [0.5, 0.6) is 0 Å². The summed E-state index contributed by atoms with van der Waals surface area (Å²) in [6, 6.07) is -2.85. The van der Waals surface area contributed by atoms with Crippen LogP contribution in [0.2, 0.25) is 0 Å². The highest BCUT2D eigenvalue weighted by Crippen LogP contribution is 2.34. The molecule has 2 amide bonds. The monoisotopic (exact) mass is 554 g/mol. The van der Waals surface area contributed by atoms with Crippen LogP contribution < -0.4 is 10.6 Å². The van der Waals surface area contributed by atoms with Gasteiger partial charge in [-0.1, -0.05) is 0 Å². The van der Waals surface area contributed by atoms with E-state index in [0.717, 1.165) is 20.8 Å². The van der Waals surface area contributed by atoms with Gasteiger partial charge in [0.05, 0.1) is 18.8 Å². The second-order valence-corrected chi connectivity index (χ2v) is 9.08. The third kappa shape index (κ3) is 7.55. The molecule has 0 aromatic heterocycles. The molecule has 17 nitrogen and oxygen atoms in total. The molecule has 0 aliphatic carbocycles. The number of carboxylic acid groups (broad SMARTS) is 1. The molecule has 0 saturated carbocycles. The first kappa shape index (κ1) is 31.7. The Morgan fingerprint density at radius 3 is 2.08 bits per heavy atom. The number of aliphatic carboxylic acids is 1. The van der Waals surface area contributed by atoms with E-state index in [9.17, 15) is 54.9 Å². The minimum Gasteiger partial charge on any atom is -0.477 e. The Morgan fingerprint density at radius 2 is 1.55 bits per heavy atom. The summed E-state index contributed by atoms with van der Waals surface area (Å²) in [5.74, 6) is -6.68. The summed E-state index contributed by atoms with van der Waals surface area (Å²) in [6.45, 7) is 1.65. The van der Waals surface area contributed by atoms with Gasteiger partial charge >= 0.3 is 11.9 Å². The molecule has 38 heavy (non-hydrogen) atoms. The van der Waals surface area contributed by atoms with Crippen LogP contribution in [0.4, 0.5) is 0 Å². The number of carbonyl (C=O) groups is 4. The molecule has 0 spiro atoms. The molecule has 17 heteroatoms. The summed E-state index contributed by atoms with van der Waals surface area (Å²) >= 11 is 0. The number of aliphatic hydroxyl groups excluding tert-OH is 6. The zero-order chi connectivity index (χ0) is 28.9. The van der Waals surface area contributed by atoms with Gasteiger partial charge in [-0.25, -0.2) is 4.79 Å². The summed E-state index contributed by atoms with van der Waals surface area (Å²) in [5.41, 5.74) is 0. The van der Waals surface area contributed by atoms with Crippen molar-refractivity contribution >= 4 is 23.8 Å². The smallest absolute Gasteiger partial charge is 0.364 e. The minimum absolute atomic E-state index is 0.637. The maximum atomic E-state index is 12.2. The van der Waals surface area contributed by atoms with Crippen molar-refractivity contribution in [3.63, 3.8) is 0 Å². The minimum atomic E-state index is -2.74. The third-order valence-corrected chi connectivity index (χ3v) is 6.03. The fourth-order valence-electron chi connectivity index (χ4n) is 4.16. The maximum absolute atomic E-state index is 12.2. The van der Waals surface area contributed by atoms with E-state index < -0.39 is 110 Å². The van der Waals surface area contributed by atoms with Gasteiger partial charge in [0.15, 0.2) is 6.29 Å². The Morgan fingerprint density at radius 1 is 0.974 bits per heavy atom. The summed E-state index contributed by atoms with van der Waals surface area (Å²) < 4.78 is 20.7. The van der Waals surface area contributed by atoms with Crippen LogP contribution in [0.25, 0.3) is 0 Å². The number of aliphatic hydroxyl groups is 6. The van der Waals surface area contributed by atoms with E-state index in [2.05, 4.69) is 15.4 Å². The van der Waals surface area contributed by atoms with Gasteiger partial charge in [-0.3, -0.25) is 14.4 Å². The molecule has 9 N–H and O–H groups in total. The third-order valence-electron chi connectivity index (χ3n) is 6.03. The van der Waals surface area contributed by atoms with Crippen LogP contribution in [-0.2, 0) is 38.1 Å². The number of carboxylic acids is 1. The van der Waals surface area contributed by atoms with E-state index in [4.69, 9.17) is 14.2 Å². The molecule has 2 rings (SSSR count). The van der Waals surface area contributed by atoms with Crippen molar-refractivity contribution in [1.82, 2.24) is 10.6 Å². The van der Waals surface area contributed by atoms with Gasteiger partial charge < -0.3 is 65.3 Å². The number of nitrogens with one attached hydrogen (secondary N) is 2. The Bertz CT molecular complexity index is 874. The van der Waals surface area contributed by atoms with Crippen LogP contribution in [-0.4, -0.2) is 140 Å². The lowest BCUT2D eigenvalue weighted by atomic mass is 9.88. The molecule has 218 valence electrons. The molecule has 0 bridgehead atoms. The zero-order valence-corrected chi connectivity index (χ0v) is 20.8. The Labute approximate surface area is 216 Å². The average molecular weight is 555 g/mol. The van der Waals surface area contributed by atoms with E-state index in [-0.39, 0.29) is 0 Å². The van der Waals surface area contributed by atoms with Crippen molar-refractivity contribution in [2.24, 2.45) is 0 Å². The normalized spacial score (nSPS) is 37.0. The van der Waals surface area contributed by atoms with Crippen molar-refractivity contribution in [1.29, 1.82) is 0 Å². The molecule has 2 aliphatic rings. The second kappa shape index (κ2) is 13.0. The van der Waals surface area contributed by atoms with Gasteiger partial charge in [-0.2, -0.15) is 0 Å². The molecule has 2 aliphatic heterocycles. The molecule has 4 unspecified atom stereocenters. The average Bonchev–Trinajstić information content (AvgIpc) is 2.82. The van der Waals surface area contributed by atoms with Gasteiger partial charge in [0.25, 0.3) is 5.79 Å². The van der Waals surface area contributed by atoms with Crippen molar-refractivity contribution < 1.29 is 73.9 Å². The Balaban J connectivity index is 2.27. The molecule has 2 saturated heterocycles. The van der Waals surface area contributed by atoms with Crippen LogP contribution in [0.1, 0.15) is 27.2 Å². The molecule has 0 aromatic rings. The summed E-state index contributed by atoms with van der Waals surface area (Å²) in [4.78, 5) is 46.3. The lowest BCUT2D eigenvalue weighted by molar-refractivity contribution is -0.328. The van der Waals surface area contributed by atoms with Gasteiger partial charge in [-0.15, -0.1) is 0 Å². The molecule has 11 atom stereocenters. The summed E-state index contributed by atoms with van der Waals surface area (Å²) in [5, 5.41) is 76.8. The lowest BCUT2D eigenvalue weighted by Crippen LogP contribution is -2.68. The predicted molar refractivity (Wildman–Crippen MR) is 119 cm³/mol. The largest absolute Gasteiger partial charge is 0.477 e. The van der Waals surface area contributed by atoms with Crippen molar-refractivity contribution in [3.8, 4) is 0 Å². The van der Waals surface area contributed by atoms with Gasteiger partial charge in [0, 0.05) is 27.2 Å². The Hall–Kier alpha value is -2.48. The fourth-order valence-corrected chi connectivity index (χ4v) is 4.16. The predicted octanol–water partition coefficient (Wildman–Crippen LogP) is -5.33. The first-order valence-corrected chi connectivity index (χ1v) is 11.6. The second-order valence-electron chi connectivity index (χ2n) is 9.08. The topological polar surface area (TPSA) is 271 Å². The van der Waals surface area contributed by atoms with E-state index >= 15 is 0 Å². The summed E-state index contributed by atoms with van der Waals surface area (Å²) in [7, 11) is 0. The van der Waals surface area contributed by atoms with Gasteiger partial charge in [0.2, 0.25) is 11.8 Å². The Kier molecular flexibility index (Phi) is 10.9. The number of ether oxygens (including phenoxy) is 4. The number of hydrogen-bond acceptors (Lipinski definition) is 14. The molecular weight excluding hydrogens is 520 g/mol. The molecule has 0 aromatic carbocycles. The van der Waals surface area contributed by atoms with Crippen LogP contribution in [0.15, 0.2) is 0 Å².